The molecule has 16 heavy (non-hydrogen) atoms. The number of nitrogens with zero attached hydrogens (tertiary/aromatic N) is 1. The van der Waals surface area contributed by atoms with E-state index in [1.807, 2.05) is 0 Å². The Morgan fingerprint density at radius 1 is 1.69 bits per heavy atom. The van der Waals surface area contributed by atoms with Crippen molar-refractivity contribution in [1.82, 2.24) is 0 Å². The third kappa shape index (κ3) is 2.95. The lowest BCUT2D eigenvalue weighted by Gasteiger charge is -2.13. The van der Waals surface area contributed by atoms with E-state index in [0.29, 0.717) is 0 Å². The minimum atomic E-state index is -1.01. The number of carboxylic acid groups (broad SMARTS) is 1. The number of benzene rings is 1. The first-order chi connectivity index (χ1) is 7.54. The molecule has 0 aliphatic heterocycles. The van der Waals surface area contributed by atoms with Crippen LogP contribution in [-0.4, -0.2) is 17.2 Å². The number of ether oxygens (including phenoxy) is 1. The molecule has 1 aromatic carbocycles. The van der Waals surface area contributed by atoms with Crippen molar-refractivity contribution in [1.29, 1.82) is 5.26 Å². The number of carboxylic acids is 1. The molecule has 0 saturated carbocycles. The number of halogens is 1. The van der Waals surface area contributed by atoms with Gasteiger partial charge in [0.25, 0.3) is 0 Å². The van der Waals surface area contributed by atoms with Crippen LogP contribution in [0, 0.1) is 17.1 Å². The van der Waals surface area contributed by atoms with E-state index >= 15 is 0 Å². The van der Waals surface area contributed by atoms with E-state index in [2.05, 4.69) is 0 Å². The maximum absolute atomic E-state index is 13.1. The Morgan fingerprint density at radius 3 is 2.94 bits per heavy atom. The highest BCUT2D eigenvalue weighted by molar-refractivity contribution is 5.67. The first-order valence-electron chi connectivity index (χ1n) is 4.61. The predicted molar refractivity (Wildman–Crippen MR) is 53.5 cm³/mol. The first kappa shape index (κ1) is 12.0. The molecule has 1 rings (SSSR count). The van der Waals surface area contributed by atoms with Gasteiger partial charge in [-0.25, -0.2) is 4.39 Å². The van der Waals surface area contributed by atoms with E-state index in [1.165, 1.54) is 12.1 Å². The van der Waals surface area contributed by atoms with E-state index < -0.39 is 17.9 Å². The highest BCUT2D eigenvalue weighted by atomic mass is 19.1. The molecule has 1 N–H and O–H groups in total. The van der Waals surface area contributed by atoms with Crippen LogP contribution in [-0.2, 0) is 4.79 Å². The number of rotatable bonds is 4. The van der Waals surface area contributed by atoms with E-state index in [9.17, 15) is 9.18 Å². The zero-order chi connectivity index (χ0) is 12.1. The molecule has 5 heteroatoms. The Bertz CT molecular complexity index is 439. The summed E-state index contributed by atoms with van der Waals surface area (Å²) in [5, 5.41) is 17.2. The van der Waals surface area contributed by atoms with Crippen LogP contribution in [0.1, 0.15) is 18.9 Å². The zero-order valence-electron chi connectivity index (χ0n) is 8.61. The summed E-state index contributed by atoms with van der Waals surface area (Å²) in [6.07, 6.45) is -0.826. The van der Waals surface area contributed by atoms with Crippen LogP contribution in [0.4, 0.5) is 4.39 Å². The normalized spacial score (nSPS) is 11.6. The molecule has 0 bridgehead atoms. The molecule has 0 unspecified atom stereocenters. The van der Waals surface area contributed by atoms with E-state index in [4.69, 9.17) is 15.1 Å². The Kier molecular flexibility index (Phi) is 3.84. The van der Waals surface area contributed by atoms with Crippen LogP contribution < -0.4 is 4.74 Å². The second-order valence-electron chi connectivity index (χ2n) is 3.25. The van der Waals surface area contributed by atoms with Gasteiger partial charge in [-0.15, -0.1) is 0 Å². The fourth-order valence-electron chi connectivity index (χ4n) is 1.22. The molecule has 1 aromatic rings. The Balaban J connectivity index is 2.85. The molecule has 84 valence electrons. The molecule has 0 aliphatic carbocycles. The minimum absolute atomic E-state index is 0.0660. The van der Waals surface area contributed by atoms with Crippen LogP contribution in [0.2, 0.25) is 0 Å². The number of aliphatic carboxylic acids is 1. The Hall–Kier alpha value is -2.09. The van der Waals surface area contributed by atoms with Crippen molar-refractivity contribution < 1.29 is 19.0 Å². The van der Waals surface area contributed by atoms with Crippen LogP contribution in [0.25, 0.3) is 0 Å². The summed E-state index contributed by atoms with van der Waals surface area (Å²) in [5.41, 5.74) is -0.209. The summed E-state index contributed by atoms with van der Waals surface area (Å²) >= 11 is 0. The zero-order valence-corrected chi connectivity index (χ0v) is 8.61. The van der Waals surface area contributed by atoms with Gasteiger partial charge in [-0.3, -0.25) is 4.79 Å². The SMILES string of the molecule is C[C@H](CC(=O)O)Oc1cccc(F)c1C#N. The van der Waals surface area contributed by atoms with Crippen molar-refractivity contribution in [2.45, 2.75) is 19.4 Å². The number of hydrogen-bond donors (Lipinski definition) is 1. The third-order valence-electron chi connectivity index (χ3n) is 1.88. The number of nitriles is 1. The van der Waals surface area contributed by atoms with Gasteiger partial charge in [0.2, 0.25) is 0 Å². The highest BCUT2D eigenvalue weighted by Gasteiger charge is 2.14. The molecule has 0 radical (unpaired) electrons. The molecule has 1 atom stereocenters. The highest BCUT2D eigenvalue weighted by Crippen LogP contribution is 2.22. The summed E-state index contributed by atoms with van der Waals surface area (Å²) in [4.78, 5) is 10.4. The average molecular weight is 223 g/mol. The quantitative estimate of drug-likeness (QED) is 0.846. The smallest absolute Gasteiger partial charge is 0.307 e. The van der Waals surface area contributed by atoms with Crippen LogP contribution in [0.3, 0.4) is 0 Å². The molecule has 0 spiro atoms. The standard InChI is InChI=1S/C11H10FNO3/c1-7(5-11(14)15)16-10-4-2-3-9(12)8(10)6-13/h2-4,7H,5H2,1H3,(H,14,15)/t7-/m1/s1. The molecule has 0 aliphatic rings. The molecule has 0 fully saturated rings. The van der Waals surface area contributed by atoms with Gasteiger partial charge in [0.1, 0.15) is 29.3 Å². The largest absolute Gasteiger partial charge is 0.489 e. The van der Waals surface area contributed by atoms with Crippen molar-refractivity contribution in [3.8, 4) is 11.8 Å². The third-order valence-corrected chi connectivity index (χ3v) is 1.88. The van der Waals surface area contributed by atoms with Gasteiger partial charge in [0, 0.05) is 0 Å². The van der Waals surface area contributed by atoms with Gasteiger partial charge < -0.3 is 9.84 Å². The molecule has 0 heterocycles. The first-order valence-corrected chi connectivity index (χ1v) is 4.61. The Labute approximate surface area is 91.9 Å². The lowest BCUT2D eigenvalue weighted by molar-refractivity contribution is -0.138. The molecule has 0 aromatic heterocycles. The molecular weight excluding hydrogens is 213 g/mol. The van der Waals surface area contributed by atoms with Gasteiger partial charge in [-0.05, 0) is 19.1 Å². The second-order valence-corrected chi connectivity index (χ2v) is 3.25. The van der Waals surface area contributed by atoms with Gasteiger partial charge in [-0.1, -0.05) is 6.07 Å². The lowest BCUT2D eigenvalue weighted by Crippen LogP contribution is -2.17. The molecule has 4 nitrogen and oxygen atoms in total. The predicted octanol–water partition coefficient (Wildman–Crippen LogP) is 1.94. The number of hydrogen-bond acceptors (Lipinski definition) is 3. The maximum Gasteiger partial charge on any atom is 0.307 e. The fraction of sp³-hybridized carbons (Fsp3) is 0.273. The molecule has 0 amide bonds. The maximum atomic E-state index is 13.1. The van der Waals surface area contributed by atoms with E-state index in [-0.39, 0.29) is 17.7 Å². The number of carbonyl (C=O) groups is 1. The summed E-state index contributed by atoms with van der Waals surface area (Å²) in [7, 11) is 0. The molecule has 0 saturated heterocycles. The van der Waals surface area contributed by atoms with Crippen LogP contribution in [0.5, 0.6) is 5.75 Å². The summed E-state index contributed by atoms with van der Waals surface area (Å²) < 4.78 is 18.3. The summed E-state index contributed by atoms with van der Waals surface area (Å²) in [5.74, 6) is -1.62. The van der Waals surface area contributed by atoms with Crippen molar-refractivity contribution in [2.75, 3.05) is 0 Å². The van der Waals surface area contributed by atoms with Crippen molar-refractivity contribution in [3.05, 3.63) is 29.6 Å². The van der Waals surface area contributed by atoms with Gasteiger partial charge >= 0.3 is 5.97 Å². The van der Waals surface area contributed by atoms with Crippen molar-refractivity contribution >= 4 is 5.97 Å². The minimum Gasteiger partial charge on any atom is -0.489 e. The summed E-state index contributed by atoms with van der Waals surface area (Å²) in [6, 6.07) is 5.65. The lowest BCUT2D eigenvalue weighted by atomic mass is 10.2. The second kappa shape index (κ2) is 5.12. The van der Waals surface area contributed by atoms with Crippen LogP contribution >= 0.6 is 0 Å². The monoisotopic (exact) mass is 223 g/mol. The van der Waals surface area contributed by atoms with E-state index in [0.717, 1.165) is 6.07 Å². The Morgan fingerprint density at radius 2 is 2.38 bits per heavy atom. The fourth-order valence-corrected chi connectivity index (χ4v) is 1.22. The molecular formula is C11H10FNO3. The van der Waals surface area contributed by atoms with Gasteiger partial charge in [-0.2, -0.15) is 5.26 Å². The van der Waals surface area contributed by atoms with E-state index in [1.54, 1.807) is 13.0 Å². The van der Waals surface area contributed by atoms with Gasteiger partial charge in [0.15, 0.2) is 0 Å². The average Bonchev–Trinajstić information content (AvgIpc) is 2.16. The van der Waals surface area contributed by atoms with Crippen molar-refractivity contribution in [3.63, 3.8) is 0 Å². The topological polar surface area (TPSA) is 70.3 Å². The van der Waals surface area contributed by atoms with Gasteiger partial charge in [0.05, 0.1) is 6.42 Å². The van der Waals surface area contributed by atoms with Crippen LogP contribution in [0.15, 0.2) is 18.2 Å². The summed E-state index contributed by atoms with van der Waals surface area (Å²) in [6.45, 7) is 1.54. The van der Waals surface area contributed by atoms with Crippen molar-refractivity contribution in [2.24, 2.45) is 0 Å².